The summed E-state index contributed by atoms with van der Waals surface area (Å²) in [5.41, 5.74) is 1.34. The van der Waals surface area contributed by atoms with E-state index >= 15 is 0 Å². The average Bonchev–Trinajstić information content (AvgIpc) is 2.72. The molecule has 0 radical (unpaired) electrons. The lowest BCUT2D eigenvalue weighted by molar-refractivity contribution is 1.02. The number of nitrogens with zero attached hydrogens (tertiary/aromatic N) is 2. The Kier molecular flexibility index (Phi) is 3.08. The van der Waals surface area contributed by atoms with E-state index in [4.69, 9.17) is 0 Å². The fourth-order valence-electron chi connectivity index (χ4n) is 1.22. The van der Waals surface area contributed by atoms with E-state index in [1.807, 2.05) is 6.07 Å². The molecule has 0 atom stereocenters. The molecule has 1 aromatic carbocycles. The van der Waals surface area contributed by atoms with E-state index in [0.717, 1.165) is 18.0 Å². The fourth-order valence-corrected chi connectivity index (χ4v) is 1.66. The summed E-state index contributed by atoms with van der Waals surface area (Å²) in [5.74, 6) is 0. The molecule has 1 N–H and O–H groups in total. The van der Waals surface area contributed by atoms with Crippen molar-refractivity contribution in [1.29, 1.82) is 0 Å². The van der Waals surface area contributed by atoms with Crippen LogP contribution in [0.25, 0.3) is 0 Å². The molecular weight excluding hydrogens is 194 g/mol. The van der Waals surface area contributed by atoms with Gasteiger partial charge in [0, 0.05) is 18.1 Å². The van der Waals surface area contributed by atoms with Crippen LogP contribution in [0.5, 0.6) is 0 Å². The van der Waals surface area contributed by atoms with Crippen LogP contribution in [0.3, 0.4) is 0 Å². The molecule has 0 aliphatic rings. The first-order valence-corrected chi connectivity index (χ1v) is 5.27. The molecule has 1 heterocycles. The first kappa shape index (κ1) is 9.15. The van der Waals surface area contributed by atoms with E-state index in [1.54, 1.807) is 6.20 Å². The first-order chi connectivity index (χ1) is 6.95. The maximum Gasteiger partial charge on any atom is 0.130 e. The molecule has 2 aromatic rings. The van der Waals surface area contributed by atoms with Gasteiger partial charge < -0.3 is 5.32 Å². The molecule has 2 rings (SSSR count). The average molecular weight is 205 g/mol. The molecule has 0 fully saturated rings. The second-order valence-electron chi connectivity index (χ2n) is 2.94. The number of nitrogens with one attached hydrogen (secondary N) is 1. The van der Waals surface area contributed by atoms with Crippen LogP contribution >= 0.6 is 11.5 Å². The van der Waals surface area contributed by atoms with E-state index in [-0.39, 0.29) is 0 Å². The normalized spacial score (nSPS) is 10.0. The van der Waals surface area contributed by atoms with E-state index < -0.39 is 0 Å². The van der Waals surface area contributed by atoms with Gasteiger partial charge in [-0.25, -0.2) is 0 Å². The summed E-state index contributed by atoms with van der Waals surface area (Å²) in [7, 11) is 0. The molecule has 0 saturated carbocycles. The lowest BCUT2D eigenvalue weighted by Gasteiger charge is -2.01. The Morgan fingerprint density at radius 1 is 1.21 bits per heavy atom. The van der Waals surface area contributed by atoms with Crippen molar-refractivity contribution in [3.8, 4) is 0 Å². The maximum atomic E-state index is 3.78. The van der Waals surface area contributed by atoms with Crippen molar-refractivity contribution in [2.45, 2.75) is 6.42 Å². The SMILES string of the molecule is c1ccc(CCNc2cnns2)cc1. The van der Waals surface area contributed by atoms with Gasteiger partial charge in [0.15, 0.2) is 0 Å². The van der Waals surface area contributed by atoms with Gasteiger partial charge in [0.25, 0.3) is 0 Å². The molecule has 1 aromatic heterocycles. The lowest BCUT2D eigenvalue weighted by atomic mass is 10.1. The Labute approximate surface area is 87.0 Å². The highest BCUT2D eigenvalue weighted by atomic mass is 32.1. The number of hydrogen-bond donors (Lipinski definition) is 1. The number of benzene rings is 1. The van der Waals surface area contributed by atoms with Crippen molar-refractivity contribution in [3.05, 3.63) is 42.1 Å². The molecule has 0 unspecified atom stereocenters. The van der Waals surface area contributed by atoms with Crippen LogP contribution < -0.4 is 5.32 Å². The van der Waals surface area contributed by atoms with Crippen LogP contribution in [0.15, 0.2) is 36.5 Å². The standard InChI is InChI=1S/C10H11N3S/c1-2-4-9(5-3-1)6-7-11-10-8-12-13-14-10/h1-5,8,11H,6-7H2. The molecular formula is C10H11N3S. The molecule has 4 heteroatoms. The second-order valence-corrected chi connectivity index (χ2v) is 3.73. The van der Waals surface area contributed by atoms with Crippen molar-refractivity contribution < 1.29 is 0 Å². The third-order valence-corrected chi connectivity index (χ3v) is 2.54. The Hall–Kier alpha value is -1.42. The smallest absolute Gasteiger partial charge is 0.130 e. The molecule has 0 aliphatic carbocycles. The fraction of sp³-hybridized carbons (Fsp3) is 0.200. The Morgan fingerprint density at radius 2 is 2.07 bits per heavy atom. The zero-order chi connectivity index (χ0) is 9.64. The van der Waals surface area contributed by atoms with Gasteiger partial charge in [-0.15, -0.1) is 5.10 Å². The summed E-state index contributed by atoms with van der Waals surface area (Å²) in [4.78, 5) is 0. The van der Waals surface area contributed by atoms with Gasteiger partial charge in [-0.05, 0) is 12.0 Å². The summed E-state index contributed by atoms with van der Waals surface area (Å²) in [6.07, 6.45) is 2.77. The molecule has 72 valence electrons. The molecule has 0 spiro atoms. The topological polar surface area (TPSA) is 37.8 Å². The van der Waals surface area contributed by atoms with Crippen molar-refractivity contribution in [1.82, 2.24) is 9.59 Å². The number of anilines is 1. The molecule has 3 nitrogen and oxygen atoms in total. The highest BCUT2D eigenvalue weighted by Gasteiger charge is 1.94. The van der Waals surface area contributed by atoms with Crippen LogP contribution in [0, 0.1) is 0 Å². The molecule has 0 bridgehead atoms. The Balaban J connectivity index is 1.79. The maximum absolute atomic E-state index is 3.78. The van der Waals surface area contributed by atoms with Crippen molar-refractivity contribution >= 4 is 16.5 Å². The first-order valence-electron chi connectivity index (χ1n) is 4.50. The van der Waals surface area contributed by atoms with E-state index in [9.17, 15) is 0 Å². The largest absolute Gasteiger partial charge is 0.374 e. The highest BCUT2D eigenvalue weighted by molar-refractivity contribution is 7.09. The zero-order valence-corrected chi connectivity index (χ0v) is 8.50. The van der Waals surface area contributed by atoms with Gasteiger partial charge in [0.05, 0.1) is 6.20 Å². The predicted octanol–water partition coefficient (Wildman–Crippen LogP) is 2.19. The Morgan fingerprint density at radius 3 is 2.79 bits per heavy atom. The monoisotopic (exact) mass is 205 g/mol. The van der Waals surface area contributed by atoms with E-state index in [2.05, 4.69) is 39.2 Å². The van der Waals surface area contributed by atoms with Crippen molar-refractivity contribution in [3.63, 3.8) is 0 Å². The molecule has 0 amide bonds. The molecule has 14 heavy (non-hydrogen) atoms. The summed E-state index contributed by atoms with van der Waals surface area (Å²) in [6.45, 7) is 0.924. The number of aromatic nitrogens is 2. The van der Waals surface area contributed by atoms with Crippen LogP contribution in [-0.2, 0) is 6.42 Å². The summed E-state index contributed by atoms with van der Waals surface area (Å²) in [6, 6.07) is 10.4. The minimum Gasteiger partial charge on any atom is -0.374 e. The van der Waals surface area contributed by atoms with E-state index in [0.29, 0.717) is 0 Å². The highest BCUT2D eigenvalue weighted by Crippen LogP contribution is 2.09. The third kappa shape index (κ3) is 2.53. The third-order valence-electron chi connectivity index (χ3n) is 1.92. The number of hydrogen-bond acceptors (Lipinski definition) is 4. The van der Waals surface area contributed by atoms with Gasteiger partial charge in [-0.1, -0.05) is 34.8 Å². The molecule has 0 saturated heterocycles. The van der Waals surface area contributed by atoms with Crippen molar-refractivity contribution in [2.75, 3.05) is 11.9 Å². The van der Waals surface area contributed by atoms with Gasteiger partial charge in [-0.3, -0.25) is 0 Å². The van der Waals surface area contributed by atoms with Gasteiger partial charge in [-0.2, -0.15) is 0 Å². The lowest BCUT2D eigenvalue weighted by Crippen LogP contribution is -2.03. The van der Waals surface area contributed by atoms with Gasteiger partial charge in [0.2, 0.25) is 0 Å². The van der Waals surface area contributed by atoms with Crippen molar-refractivity contribution in [2.24, 2.45) is 0 Å². The molecule has 0 aliphatic heterocycles. The van der Waals surface area contributed by atoms with E-state index in [1.165, 1.54) is 17.1 Å². The second kappa shape index (κ2) is 4.72. The predicted molar refractivity (Wildman–Crippen MR) is 58.5 cm³/mol. The van der Waals surface area contributed by atoms with Gasteiger partial charge >= 0.3 is 0 Å². The van der Waals surface area contributed by atoms with Crippen LogP contribution in [0.2, 0.25) is 0 Å². The minimum atomic E-state index is 0.924. The van der Waals surface area contributed by atoms with Crippen LogP contribution in [-0.4, -0.2) is 16.1 Å². The summed E-state index contributed by atoms with van der Waals surface area (Å²) < 4.78 is 3.78. The van der Waals surface area contributed by atoms with Crippen LogP contribution in [0.1, 0.15) is 5.56 Å². The Bertz CT molecular complexity index is 358. The van der Waals surface area contributed by atoms with Crippen LogP contribution in [0.4, 0.5) is 5.00 Å². The summed E-state index contributed by atoms with van der Waals surface area (Å²) in [5, 5.41) is 8.05. The minimum absolute atomic E-state index is 0.924. The van der Waals surface area contributed by atoms with Gasteiger partial charge in [0.1, 0.15) is 5.00 Å². The zero-order valence-electron chi connectivity index (χ0n) is 7.68. The number of rotatable bonds is 4. The quantitative estimate of drug-likeness (QED) is 0.831. The summed E-state index contributed by atoms with van der Waals surface area (Å²) >= 11 is 1.39.